The highest BCUT2D eigenvalue weighted by atomic mass is 16.6. The van der Waals surface area contributed by atoms with Crippen LogP contribution in [0.4, 0.5) is 4.79 Å². The van der Waals surface area contributed by atoms with Gasteiger partial charge in [0, 0.05) is 12.1 Å². The summed E-state index contributed by atoms with van der Waals surface area (Å²) in [6.45, 7) is 5.07. The summed E-state index contributed by atoms with van der Waals surface area (Å²) >= 11 is 0. The van der Waals surface area contributed by atoms with Gasteiger partial charge in [-0.3, -0.25) is 9.59 Å². The van der Waals surface area contributed by atoms with Gasteiger partial charge in [0.25, 0.3) is 0 Å². The van der Waals surface area contributed by atoms with E-state index in [1.165, 1.54) is 7.11 Å². The van der Waals surface area contributed by atoms with Gasteiger partial charge < -0.3 is 14.8 Å². The fourth-order valence-electron chi connectivity index (χ4n) is 2.85. The highest BCUT2D eigenvalue weighted by Gasteiger charge is 2.50. The molecular formula is C18H23NO5. The SMILES string of the molecule is COC(=O)C1(CNC(=O)OC(C)(C)C)CCc2ccccc2C1=O. The number of hydrogen-bond acceptors (Lipinski definition) is 5. The normalized spacial score (nSPS) is 20.1. The van der Waals surface area contributed by atoms with Crippen molar-refractivity contribution >= 4 is 17.8 Å². The second-order valence-electron chi connectivity index (χ2n) is 6.92. The summed E-state index contributed by atoms with van der Waals surface area (Å²) < 4.78 is 10.0. The first-order valence-electron chi connectivity index (χ1n) is 7.87. The number of benzene rings is 1. The standard InChI is InChI=1S/C18H23NO5/c1-17(2,3)24-16(22)19-11-18(15(21)23-4)10-9-12-7-5-6-8-13(12)14(18)20/h5-8H,9-11H2,1-4H3,(H,19,22). The van der Waals surface area contributed by atoms with Gasteiger partial charge in [0.2, 0.25) is 0 Å². The lowest BCUT2D eigenvalue weighted by molar-refractivity contribution is -0.149. The number of carbonyl (C=O) groups is 3. The molecule has 0 spiro atoms. The topological polar surface area (TPSA) is 81.7 Å². The molecule has 0 saturated carbocycles. The molecule has 0 aliphatic heterocycles. The molecule has 0 aromatic heterocycles. The molecule has 2 rings (SSSR count). The Morgan fingerprint density at radius 3 is 2.54 bits per heavy atom. The van der Waals surface area contributed by atoms with Crippen molar-refractivity contribution in [2.24, 2.45) is 5.41 Å². The Bertz CT molecular complexity index is 662. The third-order valence-corrected chi connectivity index (χ3v) is 4.03. The number of rotatable bonds is 3. The number of Topliss-reactive ketones (excluding diaryl/α,β-unsaturated/α-hetero) is 1. The van der Waals surface area contributed by atoms with Gasteiger partial charge in [-0.25, -0.2) is 4.79 Å². The van der Waals surface area contributed by atoms with Gasteiger partial charge in [0.05, 0.1) is 7.11 Å². The molecule has 0 heterocycles. The van der Waals surface area contributed by atoms with E-state index in [0.29, 0.717) is 12.0 Å². The summed E-state index contributed by atoms with van der Waals surface area (Å²) in [4.78, 5) is 37.2. The van der Waals surface area contributed by atoms with E-state index in [-0.39, 0.29) is 18.7 Å². The Kier molecular flexibility index (Phi) is 4.96. The van der Waals surface area contributed by atoms with Crippen LogP contribution < -0.4 is 5.32 Å². The number of ketones is 1. The minimum absolute atomic E-state index is 0.151. The van der Waals surface area contributed by atoms with Crippen LogP contribution in [0, 0.1) is 5.41 Å². The van der Waals surface area contributed by atoms with E-state index in [0.717, 1.165) is 5.56 Å². The number of ether oxygens (including phenoxy) is 2. The van der Waals surface area contributed by atoms with Crippen LogP contribution in [0.25, 0.3) is 0 Å². The Morgan fingerprint density at radius 1 is 1.25 bits per heavy atom. The van der Waals surface area contributed by atoms with E-state index in [4.69, 9.17) is 9.47 Å². The smallest absolute Gasteiger partial charge is 0.407 e. The van der Waals surface area contributed by atoms with E-state index in [1.807, 2.05) is 12.1 Å². The lowest BCUT2D eigenvalue weighted by Gasteiger charge is -2.34. The quantitative estimate of drug-likeness (QED) is 0.679. The minimum atomic E-state index is -1.42. The molecule has 6 heteroatoms. The molecule has 1 aliphatic rings. The van der Waals surface area contributed by atoms with Crippen LogP contribution >= 0.6 is 0 Å². The summed E-state index contributed by atoms with van der Waals surface area (Å²) in [6, 6.07) is 7.18. The Morgan fingerprint density at radius 2 is 1.92 bits per heavy atom. The monoisotopic (exact) mass is 333 g/mol. The predicted octanol–water partition coefficient (Wildman–Crippen LogP) is 2.50. The highest BCUT2D eigenvalue weighted by Crippen LogP contribution is 2.36. The van der Waals surface area contributed by atoms with E-state index in [9.17, 15) is 14.4 Å². The van der Waals surface area contributed by atoms with E-state index < -0.39 is 23.1 Å². The number of methoxy groups -OCH3 is 1. The summed E-state index contributed by atoms with van der Waals surface area (Å²) in [7, 11) is 1.24. The van der Waals surface area contributed by atoms with E-state index in [1.54, 1.807) is 32.9 Å². The summed E-state index contributed by atoms with van der Waals surface area (Å²) in [5, 5.41) is 2.54. The summed E-state index contributed by atoms with van der Waals surface area (Å²) in [5.41, 5.74) is -0.675. The molecule has 0 bridgehead atoms. The first-order valence-corrected chi connectivity index (χ1v) is 7.87. The van der Waals surface area contributed by atoms with Crippen LogP contribution in [0.5, 0.6) is 0 Å². The number of hydrogen-bond donors (Lipinski definition) is 1. The van der Waals surface area contributed by atoms with E-state index >= 15 is 0 Å². The lowest BCUT2D eigenvalue weighted by atomic mass is 9.70. The van der Waals surface area contributed by atoms with Crippen LogP contribution in [0.2, 0.25) is 0 Å². The van der Waals surface area contributed by atoms with Gasteiger partial charge in [-0.05, 0) is 39.2 Å². The molecule has 130 valence electrons. The number of aryl methyl sites for hydroxylation is 1. The molecule has 24 heavy (non-hydrogen) atoms. The largest absolute Gasteiger partial charge is 0.468 e. The maximum Gasteiger partial charge on any atom is 0.407 e. The molecule has 1 unspecified atom stereocenters. The molecule has 1 aliphatic carbocycles. The molecular weight excluding hydrogens is 310 g/mol. The van der Waals surface area contributed by atoms with Crippen molar-refractivity contribution in [2.45, 2.75) is 39.2 Å². The van der Waals surface area contributed by atoms with Crippen molar-refractivity contribution in [3.8, 4) is 0 Å². The molecule has 0 fully saturated rings. The molecule has 1 atom stereocenters. The van der Waals surface area contributed by atoms with E-state index in [2.05, 4.69) is 5.32 Å². The average Bonchev–Trinajstić information content (AvgIpc) is 2.52. The van der Waals surface area contributed by atoms with Gasteiger partial charge in [0.15, 0.2) is 5.78 Å². The van der Waals surface area contributed by atoms with Crippen LogP contribution in [0.3, 0.4) is 0 Å². The second kappa shape index (κ2) is 6.63. The number of alkyl carbamates (subject to hydrolysis) is 1. The Hall–Kier alpha value is -2.37. The van der Waals surface area contributed by atoms with Crippen LogP contribution in [0.15, 0.2) is 24.3 Å². The molecule has 0 saturated heterocycles. The van der Waals surface area contributed by atoms with Crippen LogP contribution in [0.1, 0.15) is 43.1 Å². The fourth-order valence-corrected chi connectivity index (χ4v) is 2.85. The first kappa shape index (κ1) is 18.0. The third-order valence-electron chi connectivity index (χ3n) is 4.03. The van der Waals surface area contributed by atoms with Crippen molar-refractivity contribution < 1.29 is 23.9 Å². The van der Waals surface area contributed by atoms with Crippen molar-refractivity contribution in [1.29, 1.82) is 0 Å². The zero-order valence-electron chi connectivity index (χ0n) is 14.5. The zero-order chi connectivity index (χ0) is 18.0. The summed E-state index contributed by atoms with van der Waals surface area (Å²) in [5.74, 6) is -0.967. The first-order chi connectivity index (χ1) is 11.2. The third kappa shape index (κ3) is 3.58. The van der Waals surface area contributed by atoms with Crippen LogP contribution in [-0.4, -0.2) is 37.1 Å². The number of fused-ring (bicyclic) bond motifs is 1. The highest BCUT2D eigenvalue weighted by molar-refractivity contribution is 6.14. The van der Waals surface area contributed by atoms with Crippen molar-refractivity contribution in [3.63, 3.8) is 0 Å². The number of carbonyl (C=O) groups excluding carboxylic acids is 3. The minimum Gasteiger partial charge on any atom is -0.468 e. The van der Waals surface area contributed by atoms with Gasteiger partial charge >= 0.3 is 12.1 Å². The van der Waals surface area contributed by atoms with Gasteiger partial charge in [-0.2, -0.15) is 0 Å². The summed E-state index contributed by atoms with van der Waals surface area (Å²) in [6.07, 6.45) is 0.177. The molecule has 1 aromatic carbocycles. The zero-order valence-corrected chi connectivity index (χ0v) is 14.5. The predicted molar refractivity (Wildman–Crippen MR) is 87.8 cm³/mol. The molecule has 1 amide bonds. The Labute approximate surface area is 141 Å². The molecule has 1 N–H and O–H groups in total. The molecule has 6 nitrogen and oxygen atoms in total. The number of amides is 1. The average molecular weight is 333 g/mol. The van der Waals surface area contributed by atoms with Crippen molar-refractivity contribution in [1.82, 2.24) is 5.32 Å². The second-order valence-corrected chi connectivity index (χ2v) is 6.92. The lowest BCUT2D eigenvalue weighted by Crippen LogP contribution is -2.52. The van der Waals surface area contributed by atoms with Gasteiger partial charge in [-0.1, -0.05) is 24.3 Å². The number of esters is 1. The molecule has 0 radical (unpaired) electrons. The van der Waals surface area contributed by atoms with Crippen molar-refractivity contribution in [3.05, 3.63) is 35.4 Å². The van der Waals surface area contributed by atoms with Crippen molar-refractivity contribution in [2.75, 3.05) is 13.7 Å². The van der Waals surface area contributed by atoms with Gasteiger partial charge in [0.1, 0.15) is 11.0 Å². The van der Waals surface area contributed by atoms with Crippen LogP contribution in [-0.2, 0) is 20.7 Å². The number of nitrogens with one attached hydrogen (secondary N) is 1. The maximum atomic E-state index is 12.9. The molecule has 1 aromatic rings. The Balaban J connectivity index is 2.25. The fraction of sp³-hybridized carbons (Fsp3) is 0.500. The van der Waals surface area contributed by atoms with Gasteiger partial charge in [-0.15, -0.1) is 0 Å². The maximum absolute atomic E-state index is 12.9.